The zero-order valence-electron chi connectivity index (χ0n) is 7.24. The third-order valence-corrected chi connectivity index (χ3v) is 2.21. The van der Waals surface area contributed by atoms with Gasteiger partial charge >= 0.3 is 9.53 Å². The normalized spacial score (nSPS) is 16.1. The summed E-state index contributed by atoms with van der Waals surface area (Å²) in [4.78, 5) is 0. The molecular weight excluding hydrogens is 164 g/mol. The van der Waals surface area contributed by atoms with Gasteiger partial charge in [-0.05, 0) is 0 Å². The number of hydrazine groups is 1. The molecular formula is C5H16N2O3Si. The van der Waals surface area contributed by atoms with Crippen LogP contribution in [0.2, 0.25) is 0 Å². The number of hydrogen-bond donors (Lipinski definition) is 1. The molecule has 2 N–H and O–H groups in total. The van der Waals surface area contributed by atoms with Crippen molar-refractivity contribution < 1.29 is 13.3 Å². The molecule has 11 heavy (non-hydrogen) atoms. The number of rotatable bonds is 3. The Kier molecular flexibility index (Phi) is 6.72. The van der Waals surface area contributed by atoms with E-state index in [4.69, 9.17) is 19.1 Å². The molecule has 0 aromatic heterocycles. The fourth-order valence-electron chi connectivity index (χ4n) is 0.346. The minimum atomic E-state index is -1.67. The minimum absolute atomic E-state index is 1.10. The molecule has 6 heteroatoms. The molecule has 0 unspecified atom stereocenters. The summed E-state index contributed by atoms with van der Waals surface area (Å²) >= 11 is 0. The van der Waals surface area contributed by atoms with Gasteiger partial charge in [0.1, 0.15) is 0 Å². The van der Waals surface area contributed by atoms with Crippen LogP contribution in [0.1, 0.15) is 0 Å². The zero-order chi connectivity index (χ0) is 8.69. The lowest BCUT2D eigenvalue weighted by molar-refractivity contribution is 0.163. The quantitative estimate of drug-likeness (QED) is 0.336. The van der Waals surface area contributed by atoms with Crippen molar-refractivity contribution in [2.75, 3.05) is 34.4 Å². The van der Waals surface area contributed by atoms with E-state index in [0.29, 0.717) is 0 Å². The summed E-state index contributed by atoms with van der Waals surface area (Å²) in [6, 6.07) is 0. The Labute approximate surface area is 69.0 Å². The summed E-state index contributed by atoms with van der Waals surface area (Å²) in [6.45, 7) is 2.19. The van der Waals surface area contributed by atoms with E-state index in [2.05, 4.69) is 0 Å². The molecule has 0 saturated carbocycles. The van der Waals surface area contributed by atoms with Gasteiger partial charge in [0.25, 0.3) is 0 Å². The van der Waals surface area contributed by atoms with Gasteiger partial charge in [-0.3, -0.25) is 5.84 Å². The maximum Gasteiger partial charge on any atom is 0.483 e. The molecule has 1 aliphatic rings. The van der Waals surface area contributed by atoms with Gasteiger partial charge in [0.2, 0.25) is 0 Å². The maximum atomic E-state index is 5.06. The lowest BCUT2D eigenvalue weighted by Crippen LogP contribution is -2.21. The lowest BCUT2D eigenvalue weighted by Gasteiger charge is -2.05. The standard InChI is InChI=1S/C3H10O3Si.C2H6N2/c1-4-7(5-2)6-3;3-4-1-2-4/h7H,1-3H3;1-3H2. The third-order valence-electron chi connectivity index (χ3n) is 1.06. The molecule has 0 amide bonds. The van der Waals surface area contributed by atoms with Gasteiger partial charge in [0, 0.05) is 34.4 Å². The first-order valence-electron chi connectivity index (χ1n) is 3.32. The molecule has 5 nitrogen and oxygen atoms in total. The summed E-state index contributed by atoms with van der Waals surface area (Å²) in [6.07, 6.45) is 0. The van der Waals surface area contributed by atoms with E-state index in [-0.39, 0.29) is 0 Å². The minimum Gasteiger partial charge on any atom is -0.379 e. The molecule has 0 aromatic rings. The Morgan fingerprint density at radius 3 is 1.36 bits per heavy atom. The Balaban J connectivity index is 0.000000207. The van der Waals surface area contributed by atoms with Crippen LogP contribution >= 0.6 is 0 Å². The van der Waals surface area contributed by atoms with Gasteiger partial charge in [-0.2, -0.15) is 0 Å². The van der Waals surface area contributed by atoms with Crippen molar-refractivity contribution in [2.24, 2.45) is 5.84 Å². The molecule has 0 aromatic carbocycles. The molecule has 1 aliphatic heterocycles. The van der Waals surface area contributed by atoms with Crippen LogP contribution in [0.4, 0.5) is 0 Å². The molecule has 1 rings (SSSR count). The summed E-state index contributed by atoms with van der Waals surface area (Å²) in [5.74, 6) is 5.06. The molecule has 0 radical (unpaired) electrons. The molecule has 1 fully saturated rings. The highest BCUT2D eigenvalue weighted by Gasteiger charge is 2.08. The van der Waals surface area contributed by atoms with Crippen molar-refractivity contribution in [3.8, 4) is 0 Å². The van der Waals surface area contributed by atoms with Crippen LogP contribution in [0.3, 0.4) is 0 Å². The topological polar surface area (TPSA) is 56.7 Å². The average Bonchev–Trinajstić information content (AvgIpc) is 2.77. The van der Waals surface area contributed by atoms with Crippen molar-refractivity contribution in [1.82, 2.24) is 5.01 Å². The average molecular weight is 180 g/mol. The van der Waals surface area contributed by atoms with Crippen molar-refractivity contribution in [2.45, 2.75) is 0 Å². The van der Waals surface area contributed by atoms with E-state index in [1.807, 2.05) is 0 Å². The highest BCUT2D eigenvalue weighted by molar-refractivity contribution is 6.36. The smallest absolute Gasteiger partial charge is 0.379 e. The van der Waals surface area contributed by atoms with Gasteiger partial charge in [-0.25, -0.2) is 5.01 Å². The molecule has 0 spiro atoms. The molecule has 68 valence electrons. The van der Waals surface area contributed by atoms with Crippen LogP contribution in [0, 0.1) is 0 Å². The van der Waals surface area contributed by atoms with Gasteiger partial charge in [-0.1, -0.05) is 0 Å². The predicted molar refractivity (Wildman–Crippen MR) is 43.9 cm³/mol. The summed E-state index contributed by atoms with van der Waals surface area (Å²) in [5, 5.41) is 1.75. The third kappa shape index (κ3) is 7.92. The van der Waals surface area contributed by atoms with Gasteiger partial charge in [0.05, 0.1) is 0 Å². The molecule has 0 bridgehead atoms. The number of nitrogens with zero attached hydrogens (tertiary/aromatic N) is 1. The van der Waals surface area contributed by atoms with Crippen molar-refractivity contribution in [3.63, 3.8) is 0 Å². The van der Waals surface area contributed by atoms with E-state index in [9.17, 15) is 0 Å². The SMILES string of the molecule is CO[SiH](OC)OC.NN1CC1. The second-order valence-corrected chi connectivity index (χ2v) is 4.02. The largest absolute Gasteiger partial charge is 0.483 e. The molecule has 0 atom stereocenters. The predicted octanol–water partition coefficient (Wildman–Crippen LogP) is -1.18. The fraction of sp³-hybridized carbons (Fsp3) is 1.00. The van der Waals surface area contributed by atoms with Crippen molar-refractivity contribution in [3.05, 3.63) is 0 Å². The van der Waals surface area contributed by atoms with E-state index >= 15 is 0 Å². The van der Waals surface area contributed by atoms with Crippen LogP contribution < -0.4 is 5.84 Å². The second-order valence-electron chi connectivity index (χ2n) is 2.03. The van der Waals surface area contributed by atoms with Crippen molar-refractivity contribution in [1.29, 1.82) is 0 Å². The lowest BCUT2D eigenvalue weighted by atomic mass is 11.0. The molecule has 1 saturated heterocycles. The molecule has 0 aliphatic carbocycles. The highest BCUT2D eigenvalue weighted by atomic mass is 28.3. The van der Waals surface area contributed by atoms with Gasteiger partial charge < -0.3 is 13.3 Å². The Hall–Kier alpha value is 0.0169. The monoisotopic (exact) mass is 180 g/mol. The summed E-state index contributed by atoms with van der Waals surface area (Å²) in [7, 11) is 3.05. The Bertz CT molecular complexity index is 82.3. The van der Waals surface area contributed by atoms with Gasteiger partial charge in [0.15, 0.2) is 0 Å². The van der Waals surface area contributed by atoms with Crippen LogP contribution in [0.15, 0.2) is 0 Å². The Morgan fingerprint density at radius 1 is 1.09 bits per heavy atom. The zero-order valence-corrected chi connectivity index (χ0v) is 8.40. The number of nitrogens with two attached hydrogens (primary N) is 1. The van der Waals surface area contributed by atoms with E-state index in [0.717, 1.165) is 13.1 Å². The summed E-state index contributed by atoms with van der Waals surface area (Å²) in [5.41, 5.74) is 0. The summed E-state index contributed by atoms with van der Waals surface area (Å²) < 4.78 is 14.2. The van der Waals surface area contributed by atoms with Crippen LogP contribution in [-0.4, -0.2) is 49.0 Å². The highest BCUT2D eigenvalue weighted by Crippen LogP contribution is 1.88. The van der Waals surface area contributed by atoms with Gasteiger partial charge in [-0.15, -0.1) is 0 Å². The van der Waals surface area contributed by atoms with Crippen LogP contribution in [0.5, 0.6) is 0 Å². The fourth-order valence-corrected chi connectivity index (χ4v) is 0.924. The number of hydrogen-bond acceptors (Lipinski definition) is 5. The first-order chi connectivity index (χ1) is 5.24. The van der Waals surface area contributed by atoms with E-state index in [1.54, 1.807) is 26.3 Å². The van der Waals surface area contributed by atoms with Crippen LogP contribution in [-0.2, 0) is 13.3 Å². The molecule has 1 heterocycles. The Morgan fingerprint density at radius 2 is 1.36 bits per heavy atom. The maximum absolute atomic E-state index is 5.06. The second kappa shape index (κ2) is 6.71. The first kappa shape index (κ1) is 11.0. The van der Waals surface area contributed by atoms with Crippen LogP contribution in [0.25, 0.3) is 0 Å². The first-order valence-corrected chi connectivity index (χ1v) is 4.74. The van der Waals surface area contributed by atoms with Crippen molar-refractivity contribution >= 4 is 9.53 Å². The van der Waals surface area contributed by atoms with E-state index < -0.39 is 9.53 Å². The van der Waals surface area contributed by atoms with E-state index in [1.165, 1.54) is 0 Å².